The summed E-state index contributed by atoms with van der Waals surface area (Å²) >= 11 is 0. The predicted octanol–water partition coefficient (Wildman–Crippen LogP) is 5.52. The fourth-order valence-corrected chi connectivity index (χ4v) is 1.95. The first-order valence-corrected chi connectivity index (χ1v) is 7.13. The summed E-state index contributed by atoms with van der Waals surface area (Å²) in [5, 5.41) is 3.50. The van der Waals surface area contributed by atoms with Crippen LogP contribution in [0.5, 0.6) is 0 Å². The second-order valence-electron chi connectivity index (χ2n) is 4.70. The standard InChI is InChI=1S/C16H23N3/c1-2-3-4-5-8-15-10-12-16(13-11-15)9-6-7-14-18-19-17/h6,9-13H,2-5,7-8,14H2,1H3. The molecule has 1 rings (SSSR count). The molecule has 3 heteroatoms. The molecule has 0 aliphatic rings. The molecule has 0 bridgehead atoms. The minimum atomic E-state index is 0.530. The monoisotopic (exact) mass is 257 g/mol. The van der Waals surface area contributed by atoms with Crippen molar-refractivity contribution in [2.24, 2.45) is 5.11 Å². The van der Waals surface area contributed by atoms with Crippen LogP contribution in [0, 0.1) is 0 Å². The molecule has 1 aromatic carbocycles. The molecule has 0 fully saturated rings. The third-order valence-electron chi connectivity index (χ3n) is 3.07. The predicted molar refractivity (Wildman–Crippen MR) is 82.0 cm³/mol. The summed E-state index contributed by atoms with van der Waals surface area (Å²) < 4.78 is 0. The smallest absolute Gasteiger partial charge is 0.0292 e. The summed E-state index contributed by atoms with van der Waals surface area (Å²) in [6.07, 6.45) is 11.3. The van der Waals surface area contributed by atoms with Crippen LogP contribution in [0.4, 0.5) is 0 Å². The van der Waals surface area contributed by atoms with E-state index in [-0.39, 0.29) is 0 Å². The first kappa shape index (κ1) is 15.3. The number of hydrogen-bond donors (Lipinski definition) is 0. The zero-order valence-electron chi connectivity index (χ0n) is 11.8. The van der Waals surface area contributed by atoms with Crippen LogP contribution in [-0.2, 0) is 6.42 Å². The Morgan fingerprint density at radius 2 is 1.95 bits per heavy atom. The Morgan fingerprint density at radius 1 is 1.16 bits per heavy atom. The van der Waals surface area contributed by atoms with Gasteiger partial charge in [0.05, 0.1) is 0 Å². The van der Waals surface area contributed by atoms with Crippen molar-refractivity contribution in [3.05, 3.63) is 51.9 Å². The molecule has 0 saturated carbocycles. The van der Waals surface area contributed by atoms with Gasteiger partial charge in [0.15, 0.2) is 0 Å². The minimum absolute atomic E-state index is 0.530. The maximum atomic E-state index is 8.15. The van der Waals surface area contributed by atoms with Crippen LogP contribution < -0.4 is 0 Å². The Balaban J connectivity index is 2.32. The van der Waals surface area contributed by atoms with Crippen LogP contribution in [0.2, 0.25) is 0 Å². The van der Waals surface area contributed by atoms with Gasteiger partial charge in [0.2, 0.25) is 0 Å². The van der Waals surface area contributed by atoms with Crippen molar-refractivity contribution in [3.63, 3.8) is 0 Å². The largest absolute Gasteiger partial charge is 0.0937 e. The number of aryl methyl sites for hydroxylation is 1. The molecule has 0 aliphatic heterocycles. The highest BCUT2D eigenvalue weighted by Gasteiger charge is 1.93. The molecule has 0 aliphatic carbocycles. The van der Waals surface area contributed by atoms with Gasteiger partial charge < -0.3 is 0 Å². The summed E-state index contributed by atoms with van der Waals surface area (Å²) in [7, 11) is 0. The first-order chi connectivity index (χ1) is 9.36. The number of benzene rings is 1. The van der Waals surface area contributed by atoms with E-state index < -0.39 is 0 Å². The Hall–Kier alpha value is -1.73. The van der Waals surface area contributed by atoms with Crippen molar-refractivity contribution in [2.75, 3.05) is 6.54 Å². The molecular weight excluding hydrogens is 234 g/mol. The van der Waals surface area contributed by atoms with Crippen molar-refractivity contribution in [1.29, 1.82) is 0 Å². The topological polar surface area (TPSA) is 48.8 Å². The molecule has 1 aromatic rings. The maximum Gasteiger partial charge on any atom is 0.0292 e. The molecule has 0 N–H and O–H groups in total. The van der Waals surface area contributed by atoms with Crippen LogP contribution in [0.1, 0.15) is 50.2 Å². The van der Waals surface area contributed by atoms with Gasteiger partial charge in [-0.05, 0) is 35.9 Å². The van der Waals surface area contributed by atoms with Crippen LogP contribution in [-0.4, -0.2) is 6.54 Å². The number of azide groups is 1. The van der Waals surface area contributed by atoms with E-state index in [1.165, 1.54) is 43.2 Å². The molecule has 0 spiro atoms. The number of nitrogens with zero attached hydrogens (tertiary/aromatic N) is 3. The number of rotatable bonds is 9. The van der Waals surface area contributed by atoms with Gasteiger partial charge in [0.25, 0.3) is 0 Å². The summed E-state index contributed by atoms with van der Waals surface area (Å²) in [6, 6.07) is 8.72. The van der Waals surface area contributed by atoms with Gasteiger partial charge in [-0.25, -0.2) is 0 Å². The molecule has 19 heavy (non-hydrogen) atoms. The van der Waals surface area contributed by atoms with Gasteiger partial charge in [-0.15, -0.1) is 0 Å². The molecule has 0 heterocycles. The van der Waals surface area contributed by atoms with E-state index in [0.29, 0.717) is 6.54 Å². The van der Waals surface area contributed by atoms with Crippen LogP contribution >= 0.6 is 0 Å². The maximum absolute atomic E-state index is 8.15. The highest BCUT2D eigenvalue weighted by Crippen LogP contribution is 2.11. The third-order valence-corrected chi connectivity index (χ3v) is 3.07. The minimum Gasteiger partial charge on any atom is -0.0937 e. The molecule has 0 unspecified atom stereocenters. The van der Waals surface area contributed by atoms with E-state index >= 15 is 0 Å². The van der Waals surface area contributed by atoms with Gasteiger partial charge in [0.1, 0.15) is 0 Å². The molecule has 0 atom stereocenters. The van der Waals surface area contributed by atoms with Crippen molar-refractivity contribution in [3.8, 4) is 0 Å². The SMILES string of the molecule is CCCCCCc1ccc(C=CCCN=[N+]=[N-])cc1. The normalized spacial score (nSPS) is 10.6. The first-order valence-electron chi connectivity index (χ1n) is 7.13. The van der Waals surface area contributed by atoms with Crippen LogP contribution in [0.25, 0.3) is 16.5 Å². The van der Waals surface area contributed by atoms with Gasteiger partial charge in [-0.2, -0.15) is 0 Å². The number of hydrogen-bond acceptors (Lipinski definition) is 1. The van der Waals surface area contributed by atoms with Crippen molar-refractivity contribution in [1.82, 2.24) is 0 Å². The van der Waals surface area contributed by atoms with Crippen LogP contribution in [0.3, 0.4) is 0 Å². The van der Waals surface area contributed by atoms with Crippen molar-refractivity contribution < 1.29 is 0 Å². The fraction of sp³-hybridized carbons (Fsp3) is 0.500. The summed E-state index contributed by atoms with van der Waals surface area (Å²) in [6.45, 7) is 2.77. The van der Waals surface area contributed by atoms with Crippen LogP contribution in [0.15, 0.2) is 35.5 Å². The van der Waals surface area contributed by atoms with E-state index in [1.54, 1.807) is 0 Å². The molecule has 102 valence electrons. The zero-order valence-corrected chi connectivity index (χ0v) is 11.8. The van der Waals surface area contributed by atoms with Gasteiger partial charge >= 0.3 is 0 Å². The average molecular weight is 257 g/mol. The van der Waals surface area contributed by atoms with Crippen molar-refractivity contribution in [2.45, 2.75) is 45.4 Å². The highest BCUT2D eigenvalue weighted by atomic mass is 15.1. The Morgan fingerprint density at radius 3 is 2.63 bits per heavy atom. The molecular formula is C16H23N3. The molecule has 0 amide bonds. The van der Waals surface area contributed by atoms with Crippen molar-refractivity contribution >= 4 is 6.08 Å². The molecule has 0 aromatic heterocycles. The van der Waals surface area contributed by atoms with E-state index in [2.05, 4.69) is 47.3 Å². The number of unbranched alkanes of at least 4 members (excludes halogenated alkanes) is 3. The Labute approximate surface area is 116 Å². The Kier molecular flexibility index (Phi) is 8.24. The van der Waals surface area contributed by atoms with Gasteiger partial charge in [-0.1, -0.05) is 67.7 Å². The Bertz CT molecular complexity index is 414. The third kappa shape index (κ3) is 7.32. The van der Waals surface area contributed by atoms with E-state index in [9.17, 15) is 0 Å². The average Bonchev–Trinajstić information content (AvgIpc) is 2.45. The second-order valence-corrected chi connectivity index (χ2v) is 4.70. The molecule has 0 radical (unpaired) electrons. The quantitative estimate of drug-likeness (QED) is 0.242. The zero-order chi connectivity index (χ0) is 13.8. The lowest BCUT2D eigenvalue weighted by Gasteiger charge is -2.02. The molecule has 3 nitrogen and oxygen atoms in total. The highest BCUT2D eigenvalue weighted by molar-refractivity contribution is 5.49. The summed E-state index contributed by atoms with van der Waals surface area (Å²) in [4.78, 5) is 2.72. The summed E-state index contributed by atoms with van der Waals surface area (Å²) in [5.74, 6) is 0. The fourth-order valence-electron chi connectivity index (χ4n) is 1.95. The van der Waals surface area contributed by atoms with E-state index in [1.807, 2.05) is 6.08 Å². The molecule has 0 saturated heterocycles. The van der Waals surface area contributed by atoms with E-state index in [0.717, 1.165) is 6.42 Å². The van der Waals surface area contributed by atoms with Gasteiger partial charge in [-0.3, -0.25) is 0 Å². The van der Waals surface area contributed by atoms with E-state index in [4.69, 9.17) is 5.53 Å². The van der Waals surface area contributed by atoms with Gasteiger partial charge in [0, 0.05) is 11.5 Å². The summed E-state index contributed by atoms with van der Waals surface area (Å²) in [5.41, 5.74) is 10.8. The lowest BCUT2D eigenvalue weighted by atomic mass is 10.0. The second kappa shape index (κ2) is 10.2. The lowest BCUT2D eigenvalue weighted by Crippen LogP contribution is -1.86. The lowest BCUT2D eigenvalue weighted by molar-refractivity contribution is 0.667.